The Labute approximate surface area is 328 Å². The van der Waals surface area contributed by atoms with Crippen molar-refractivity contribution < 1.29 is 51.0 Å². The molecule has 0 atom stereocenters. The number of hydrogen-bond donors (Lipinski definition) is 0. The minimum absolute atomic E-state index is 0. The fourth-order valence-electron chi connectivity index (χ4n) is 7.56. The van der Waals surface area contributed by atoms with Gasteiger partial charge in [0.15, 0.2) is 0 Å². The molecule has 0 unspecified atom stereocenters. The Hall–Kier alpha value is -3.48. The first-order chi connectivity index (χ1) is 22.6. The van der Waals surface area contributed by atoms with E-state index in [9.17, 15) is 0 Å². The van der Waals surface area contributed by atoms with Gasteiger partial charge < -0.3 is 24.8 Å². The maximum absolute atomic E-state index is 3.91. The van der Waals surface area contributed by atoms with E-state index in [-0.39, 0.29) is 61.8 Å². The van der Waals surface area contributed by atoms with Gasteiger partial charge in [-0.1, -0.05) is 179 Å². The monoisotopic (exact) mass is 765 g/mol. The summed E-state index contributed by atoms with van der Waals surface area (Å²) in [5.74, 6) is 0. The van der Waals surface area contributed by atoms with Crippen LogP contribution in [0.25, 0.3) is 49.9 Å². The summed E-state index contributed by atoms with van der Waals surface area (Å²) in [5.41, 5.74) is 13.1. The van der Waals surface area contributed by atoms with E-state index in [2.05, 4.69) is 175 Å². The first kappa shape index (κ1) is 37.8. The molecule has 0 fully saturated rings. The summed E-state index contributed by atoms with van der Waals surface area (Å²) in [5, 5.41) is 7.60. The van der Waals surface area contributed by atoms with Gasteiger partial charge in [0.25, 0.3) is 0 Å². The molecule has 0 saturated carbocycles. The van der Waals surface area contributed by atoms with Gasteiger partial charge in [0, 0.05) is 0 Å². The summed E-state index contributed by atoms with van der Waals surface area (Å²) >= 11 is 0. The van der Waals surface area contributed by atoms with Crippen LogP contribution in [0.15, 0.2) is 127 Å². The summed E-state index contributed by atoms with van der Waals surface area (Å²) < 4.78 is 0. The number of rotatable bonds is 3. The molecule has 0 bridgehead atoms. The summed E-state index contributed by atoms with van der Waals surface area (Å²) in [6.07, 6.45) is 11.7. The molecule has 50 heavy (non-hydrogen) atoms. The SMILES string of the molecule is CC(C)(C)c1ccc(C(c2ccc(C(C)(C)C)cc2)=c2ccc3c(c2C2=CC=CC2)-c2c(c4ccccc4c4ccccc24)[C-]=3)cc1.[Cl-].[Cl-].[Zr+3]. The van der Waals surface area contributed by atoms with Crippen molar-refractivity contribution >= 4 is 38.8 Å². The Morgan fingerprint density at radius 1 is 0.540 bits per heavy atom. The third kappa shape index (κ3) is 6.43. The maximum atomic E-state index is 3.91. The molecule has 0 amide bonds. The van der Waals surface area contributed by atoms with E-state index < -0.39 is 0 Å². The Morgan fingerprint density at radius 2 is 1.04 bits per heavy atom. The molecular weight excluding hydrogens is 727 g/mol. The largest absolute Gasteiger partial charge is 3.00 e. The summed E-state index contributed by atoms with van der Waals surface area (Å²) in [4.78, 5) is 0. The van der Waals surface area contributed by atoms with Crippen molar-refractivity contribution in [1.29, 1.82) is 0 Å². The Kier molecular flexibility index (Phi) is 10.8. The molecule has 247 valence electrons. The first-order valence-electron chi connectivity index (χ1n) is 16.9. The van der Waals surface area contributed by atoms with Gasteiger partial charge in [-0.3, -0.25) is 0 Å². The van der Waals surface area contributed by atoms with E-state index in [4.69, 9.17) is 0 Å². The van der Waals surface area contributed by atoms with Crippen molar-refractivity contribution in [3.8, 4) is 11.1 Å². The second-order valence-electron chi connectivity index (χ2n) is 15.2. The van der Waals surface area contributed by atoms with Crippen molar-refractivity contribution in [2.24, 2.45) is 0 Å². The topological polar surface area (TPSA) is 0 Å². The number of allylic oxidation sites excluding steroid dienone is 4. The summed E-state index contributed by atoms with van der Waals surface area (Å²) in [7, 11) is 0. The fraction of sp³-hybridized carbons (Fsp3) is 0.191. The number of halogens is 2. The zero-order chi connectivity index (χ0) is 32.5. The van der Waals surface area contributed by atoms with E-state index in [0.29, 0.717) is 0 Å². The molecule has 0 N–H and O–H groups in total. The molecule has 0 aromatic heterocycles. The quantitative estimate of drug-likeness (QED) is 0.178. The van der Waals surface area contributed by atoms with E-state index in [1.165, 1.54) is 87.6 Å². The second kappa shape index (κ2) is 14.3. The zero-order valence-corrected chi connectivity index (χ0v) is 33.6. The average molecular weight is 768 g/mol. The van der Waals surface area contributed by atoms with Crippen LogP contribution in [0, 0.1) is 0 Å². The van der Waals surface area contributed by atoms with Crippen LogP contribution < -0.4 is 35.3 Å². The van der Waals surface area contributed by atoms with Crippen LogP contribution in [0.1, 0.15) is 81.3 Å². The van der Waals surface area contributed by atoms with Crippen molar-refractivity contribution in [1.82, 2.24) is 0 Å². The number of fused-ring (bicyclic) bond motifs is 8. The van der Waals surface area contributed by atoms with Crippen LogP contribution in [-0.4, -0.2) is 0 Å². The third-order valence-electron chi connectivity index (χ3n) is 10.1. The molecule has 6 aromatic rings. The second-order valence-corrected chi connectivity index (χ2v) is 15.2. The van der Waals surface area contributed by atoms with E-state index >= 15 is 0 Å². The number of benzene rings is 6. The van der Waals surface area contributed by atoms with Crippen molar-refractivity contribution in [2.45, 2.75) is 58.8 Å². The van der Waals surface area contributed by atoms with Crippen molar-refractivity contribution in [3.05, 3.63) is 171 Å². The Balaban J connectivity index is 0.00000162. The van der Waals surface area contributed by atoms with Crippen LogP contribution in [0.4, 0.5) is 0 Å². The Morgan fingerprint density at radius 3 is 1.54 bits per heavy atom. The maximum Gasteiger partial charge on any atom is 3.00 e. The number of hydrogen-bond acceptors (Lipinski definition) is 0. The van der Waals surface area contributed by atoms with Gasteiger partial charge in [-0.25, -0.2) is 0 Å². The molecule has 0 nitrogen and oxygen atoms in total. The molecule has 0 spiro atoms. The van der Waals surface area contributed by atoms with Gasteiger partial charge in [-0.15, -0.1) is 28.5 Å². The van der Waals surface area contributed by atoms with Gasteiger partial charge in [-0.2, -0.15) is 0 Å². The molecule has 0 aliphatic heterocycles. The smallest absolute Gasteiger partial charge is 1.00 e. The van der Waals surface area contributed by atoms with Gasteiger partial charge in [0.05, 0.1) is 0 Å². The molecule has 2 aliphatic carbocycles. The van der Waals surface area contributed by atoms with Crippen molar-refractivity contribution in [2.75, 3.05) is 0 Å². The predicted octanol–water partition coefficient (Wildman–Crippen LogP) is 4.87. The van der Waals surface area contributed by atoms with E-state index in [0.717, 1.165) is 6.42 Å². The molecule has 0 heterocycles. The molecule has 6 aromatic carbocycles. The van der Waals surface area contributed by atoms with Gasteiger partial charge >= 0.3 is 26.2 Å². The van der Waals surface area contributed by atoms with Gasteiger partial charge in [-0.05, 0) is 72.2 Å². The molecular formula is C47H41Cl2Zr. The van der Waals surface area contributed by atoms with Crippen LogP contribution in [0.3, 0.4) is 0 Å². The van der Waals surface area contributed by atoms with Crippen LogP contribution >= 0.6 is 0 Å². The predicted molar refractivity (Wildman–Crippen MR) is 202 cm³/mol. The molecule has 1 radical (unpaired) electrons. The molecule has 2 aliphatic rings. The minimum Gasteiger partial charge on any atom is -1.00 e. The zero-order valence-electron chi connectivity index (χ0n) is 29.6. The third-order valence-corrected chi connectivity index (χ3v) is 10.1. The molecule has 0 saturated heterocycles. The van der Waals surface area contributed by atoms with Crippen LogP contribution in [0.5, 0.6) is 0 Å². The minimum atomic E-state index is 0. The van der Waals surface area contributed by atoms with E-state index in [1.54, 1.807) is 0 Å². The van der Waals surface area contributed by atoms with Gasteiger partial charge in [0.2, 0.25) is 0 Å². The summed E-state index contributed by atoms with van der Waals surface area (Å²) in [6, 6.07) is 41.0. The van der Waals surface area contributed by atoms with Gasteiger partial charge in [0.1, 0.15) is 0 Å². The average Bonchev–Trinajstić information content (AvgIpc) is 3.74. The van der Waals surface area contributed by atoms with Crippen LogP contribution in [-0.2, 0) is 37.0 Å². The Bertz CT molecular complexity index is 2360. The van der Waals surface area contributed by atoms with Crippen molar-refractivity contribution in [3.63, 3.8) is 0 Å². The first-order valence-corrected chi connectivity index (χ1v) is 16.9. The molecule has 8 rings (SSSR count). The fourth-order valence-corrected chi connectivity index (χ4v) is 7.56. The standard InChI is InChI=1S/C47H41.2ClH.Zr/c1-46(2,3)34-24-19-31(20-25-34)42(32-21-26-35(27-22-32)47(4,5)6)40-28-23-33-29-41-38-17-10-9-15-36(38)37-16-11-12-18-39(37)45(41)44(33)43(40)30-13-7-8-14-30;;;/h7-13,15-28H,14H2,1-6H3;2*1H;/q-1;;;+3/p-2. The van der Waals surface area contributed by atoms with E-state index in [1.807, 2.05) is 0 Å². The summed E-state index contributed by atoms with van der Waals surface area (Å²) in [6.45, 7) is 13.7. The van der Waals surface area contributed by atoms with Crippen LogP contribution in [0.2, 0.25) is 0 Å². The normalized spacial score (nSPS) is 13.0. The molecule has 3 heteroatoms.